The van der Waals surface area contributed by atoms with Crippen LogP contribution in [0.4, 0.5) is 21.0 Å². The summed E-state index contributed by atoms with van der Waals surface area (Å²) in [7, 11) is 3.04. The third-order valence-electron chi connectivity index (χ3n) is 5.41. The molecule has 0 saturated heterocycles. The van der Waals surface area contributed by atoms with Gasteiger partial charge in [0.2, 0.25) is 0 Å². The van der Waals surface area contributed by atoms with Crippen LogP contribution < -0.4 is 32.3 Å². The molecule has 7 N–H and O–H groups in total. The molecule has 0 atom stereocenters. The number of hydrazone groups is 1. The van der Waals surface area contributed by atoms with Crippen molar-refractivity contribution in [2.45, 2.75) is 0 Å². The Balaban J connectivity index is 1.54. The average molecular weight is 501 g/mol. The zero-order valence-corrected chi connectivity index (χ0v) is 19.9. The summed E-state index contributed by atoms with van der Waals surface area (Å²) < 4.78 is 0. The lowest BCUT2D eigenvalue weighted by Gasteiger charge is -2.06. The number of nitrogens with one attached hydrogen (secondary N) is 7. The number of carbonyl (C=O) groups is 3. The van der Waals surface area contributed by atoms with Gasteiger partial charge in [-0.2, -0.15) is 5.10 Å². The molecule has 5 amide bonds. The number of benzene rings is 2. The number of allylic oxidation sites excluding steroid dienone is 2. The number of urea groups is 2. The van der Waals surface area contributed by atoms with E-state index in [0.717, 1.165) is 5.56 Å². The first-order valence-electron chi connectivity index (χ1n) is 11.2. The highest BCUT2D eigenvalue weighted by Gasteiger charge is 2.23. The molecule has 188 valence electrons. The van der Waals surface area contributed by atoms with Crippen LogP contribution in [-0.2, 0) is 4.79 Å². The van der Waals surface area contributed by atoms with Crippen molar-refractivity contribution >= 4 is 41.1 Å². The predicted molar refractivity (Wildman–Crippen MR) is 141 cm³/mol. The van der Waals surface area contributed by atoms with Crippen LogP contribution in [0.15, 0.2) is 76.2 Å². The Morgan fingerprint density at radius 3 is 1.95 bits per heavy atom. The van der Waals surface area contributed by atoms with Crippen molar-refractivity contribution in [2.24, 2.45) is 5.10 Å². The number of nitrogens with zero attached hydrogens (tertiary/aromatic N) is 1. The molecule has 0 unspecified atom stereocenters. The maximum atomic E-state index is 12.4. The first kappa shape index (κ1) is 24.7. The molecule has 0 bridgehead atoms. The van der Waals surface area contributed by atoms with Gasteiger partial charge in [0, 0.05) is 36.6 Å². The van der Waals surface area contributed by atoms with Gasteiger partial charge in [-0.15, -0.1) is 0 Å². The quantitative estimate of drug-likeness (QED) is 0.258. The zero-order chi connectivity index (χ0) is 26.4. The van der Waals surface area contributed by atoms with Crippen LogP contribution in [0.2, 0.25) is 0 Å². The molecule has 2 aromatic carbocycles. The van der Waals surface area contributed by atoms with E-state index in [4.69, 9.17) is 0 Å². The van der Waals surface area contributed by atoms with E-state index in [1.165, 1.54) is 14.1 Å². The molecule has 3 aromatic rings. The van der Waals surface area contributed by atoms with Gasteiger partial charge >= 0.3 is 12.1 Å². The van der Waals surface area contributed by atoms with Gasteiger partial charge in [-0.3, -0.25) is 19.8 Å². The second-order valence-corrected chi connectivity index (χ2v) is 7.77. The Bertz CT molecular complexity index is 1480. The minimum atomic E-state index is -0.380. The number of hydrogen-bond donors (Lipinski definition) is 7. The summed E-state index contributed by atoms with van der Waals surface area (Å²) in [6.07, 6.45) is 4.76. The third kappa shape index (κ3) is 5.65. The zero-order valence-electron chi connectivity index (χ0n) is 19.9. The lowest BCUT2D eigenvalue weighted by atomic mass is 10.0. The number of H-pyrrole nitrogens is 2. The Morgan fingerprint density at radius 2 is 1.38 bits per heavy atom. The Kier molecular flexibility index (Phi) is 7.29. The van der Waals surface area contributed by atoms with Crippen molar-refractivity contribution in [2.75, 3.05) is 24.7 Å². The summed E-state index contributed by atoms with van der Waals surface area (Å²) in [5, 5.41) is 19.8. The first-order chi connectivity index (χ1) is 17.9. The Labute approximate surface area is 210 Å². The maximum Gasteiger partial charge on any atom is 0.318 e. The van der Waals surface area contributed by atoms with E-state index < -0.39 is 0 Å². The summed E-state index contributed by atoms with van der Waals surface area (Å²) in [4.78, 5) is 47.7. The van der Waals surface area contributed by atoms with Crippen molar-refractivity contribution in [3.05, 3.63) is 87.7 Å². The number of aromatic amines is 2. The van der Waals surface area contributed by atoms with Gasteiger partial charge in [0.15, 0.2) is 0 Å². The standard InChI is InChI=1S/C25H24N8O4/c1-26-24(36)28-16-10-6-14(7-11-16)20-18(22(34)32-30-20)4-3-5-19-21(31-33-23(19)35)15-8-12-17(13-9-15)29-25(37)27-2/h3-13H,1-2H3,(H,32,34)(H2,26,28,36)(H2,27,29,37)(H2,31,33,35). The molecule has 1 aliphatic heterocycles. The van der Waals surface area contributed by atoms with Crippen molar-refractivity contribution in [3.63, 3.8) is 0 Å². The van der Waals surface area contributed by atoms with Crippen LogP contribution in [0.3, 0.4) is 0 Å². The summed E-state index contributed by atoms with van der Waals surface area (Å²) in [6.45, 7) is 0. The van der Waals surface area contributed by atoms with E-state index in [1.807, 2.05) is 0 Å². The van der Waals surface area contributed by atoms with Gasteiger partial charge in [0.25, 0.3) is 11.5 Å². The van der Waals surface area contributed by atoms with Gasteiger partial charge in [0.05, 0.1) is 16.8 Å². The molecule has 12 nitrogen and oxygen atoms in total. The molecule has 1 aromatic heterocycles. The third-order valence-corrected chi connectivity index (χ3v) is 5.41. The van der Waals surface area contributed by atoms with Crippen molar-refractivity contribution in [1.82, 2.24) is 26.3 Å². The molecular weight excluding hydrogens is 476 g/mol. The normalized spacial score (nSPS) is 13.8. The summed E-state index contributed by atoms with van der Waals surface area (Å²) in [6, 6.07) is 13.1. The van der Waals surface area contributed by atoms with E-state index in [0.29, 0.717) is 39.5 Å². The maximum absolute atomic E-state index is 12.4. The molecule has 12 heteroatoms. The molecule has 1 aliphatic rings. The highest BCUT2D eigenvalue weighted by Crippen LogP contribution is 2.23. The van der Waals surface area contributed by atoms with Crippen LogP contribution in [0.25, 0.3) is 17.3 Å². The number of aromatic nitrogens is 2. The monoisotopic (exact) mass is 500 g/mol. The molecule has 0 saturated carbocycles. The lowest BCUT2D eigenvalue weighted by molar-refractivity contribution is -0.116. The summed E-state index contributed by atoms with van der Waals surface area (Å²) >= 11 is 0. The Morgan fingerprint density at radius 1 is 0.811 bits per heavy atom. The molecule has 0 radical (unpaired) electrons. The van der Waals surface area contributed by atoms with Crippen LogP contribution in [0, 0.1) is 0 Å². The number of amides is 5. The number of hydrogen-bond acceptors (Lipinski definition) is 5. The average Bonchev–Trinajstić information content (AvgIpc) is 3.47. The van der Waals surface area contributed by atoms with E-state index >= 15 is 0 Å². The van der Waals surface area contributed by atoms with Crippen LogP contribution in [0.5, 0.6) is 0 Å². The smallest absolute Gasteiger partial charge is 0.318 e. The molecular formula is C25H24N8O4. The second-order valence-electron chi connectivity index (χ2n) is 7.77. The minimum absolute atomic E-state index is 0.321. The lowest BCUT2D eigenvalue weighted by Crippen LogP contribution is -2.24. The number of anilines is 2. The predicted octanol–water partition coefficient (Wildman–Crippen LogP) is 2.35. The number of rotatable bonds is 6. The van der Waals surface area contributed by atoms with E-state index in [2.05, 4.69) is 42.0 Å². The largest absolute Gasteiger partial charge is 0.341 e. The topological polar surface area (TPSA) is 172 Å². The van der Waals surface area contributed by atoms with Gasteiger partial charge in [-0.05, 0) is 36.4 Å². The van der Waals surface area contributed by atoms with Crippen LogP contribution in [-0.4, -0.2) is 48.0 Å². The van der Waals surface area contributed by atoms with Gasteiger partial charge in [0.1, 0.15) is 5.71 Å². The van der Waals surface area contributed by atoms with Crippen molar-refractivity contribution in [1.29, 1.82) is 0 Å². The first-order valence-corrected chi connectivity index (χ1v) is 11.2. The Hall–Kier alpha value is -5.39. The molecule has 0 fully saturated rings. The summed E-state index contributed by atoms with van der Waals surface area (Å²) in [5.41, 5.74) is 6.36. The fourth-order valence-electron chi connectivity index (χ4n) is 3.52. The SMILES string of the molecule is CNC(=O)Nc1ccc(C2=NNC(=O)C2=CC=Cc2c(-c3ccc(NC(=O)NC)cc3)[nH][nH]c2=O)cc1. The fraction of sp³-hybridized carbons (Fsp3) is 0.0800. The summed E-state index contributed by atoms with van der Waals surface area (Å²) in [5.74, 6) is -0.380. The van der Waals surface area contributed by atoms with E-state index in [1.54, 1.807) is 66.8 Å². The second kappa shape index (κ2) is 10.9. The molecule has 0 aliphatic carbocycles. The molecule has 37 heavy (non-hydrogen) atoms. The number of carbonyl (C=O) groups excluding carboxylic acids is 3. The molecule has 2 heterocycles. The van der Waals surface area contributed by atoms with Gasteiger partial charge in [-0.25, -0.2) is 15.0 Å². The fourth-order valence-corrected chi connectivity index (χ4v) is 3.52. The van der Waals surface area contributed by atoms with Crippen molar-refractivity contribution in [3.8, 4) is 11.3 Å². The van der Waals surface area contributed by atoms with E-state index in [9.17, 15) is 19.2 Å². The molecule has 4 rings (SSSR count). The molecule has 0 spiro atoms. The van der Waals surface area contributed by atoms with Gasteiger partial charge < -0.3 is 21.3 Å². The van der Waals surface area contributed by atoms with Crippen LogP contribution in [0.1, 0.15) is 11.1 Å². The van der Waals surface area contributed by atoms with E-state index in [-0.39, 0.29) is 23.5 Å². The minimum Gasteiger partial charge on any atom is -0.341 e. The van der Waals surface area contributed by atoms with Gasteiger partial charge in [-0.1, -0.05) is 30.3 Å². The highest BCUT2D eigenvalue weighted by atomic mass is 16.2. The van der Waals surface area contributed by atoms with Crippen molar-refractivity contribution < 1.29 is 14.4 Å². The highest BCUT2D eigenvalue weighted by molar-refractivity contribution is 6.31. The van der Waals surface area contributed by atoms with Crippen LogP contribution >= 0.6 is 0 Å².